The normalized spacial score (nSPS) is 14.8. The van der Waals surface area contributed by atoms with E-state index in [1.165, 1.54) is 14.0 Å². The molecule has 0 aliphatic rings. The Morgan fingerprint density at radius 1 is 1.70 bits per heavy atom. The summed E-state index contributed by atoms with van der Waals surface area (Å²) in [6.45, 7) is 1.47. The standard InChI is InChI=1S/C5H12N2O2.ClH/c1-3(8)4(6)5(9)7-2;/h3-4,8H,6H2,1-2H3,(H,7,9);1H. The van der Waals surface area contributed by atoms with Gasteiger partial charge in [0.1, 0.15) is 6.04 Å². The number of hydrogen-bond donors (Lipinski definition) is 3. The number of aliphatic hydroxyl groups excluding tert-OH is 1. The van der Waals surface area contributed by atoms with Crippen molar-refractivity contribution in [1.82, 2.24) is 5.32 Å². The predicted molar refractivity (Wildman–Crippen MR) is 41.0 cm³/mol. The summed E-state index contributed by atoms with van der Waals surface area (Å²) < 4.78 is 0. The minimum absolute atomic E-state index is 0. The molecule has 2 atom stereocenters. The number of carbonyl (C=O) groups excluding carboxylic acids is 1. The van der Waals surface area contributed by atoms with Crippen LogP contribution >= 0.6 is 12.4 Å². The van der Waals surface area contributed by atoms with Crippen molar-refractivity contribution >= 4 is 18.3 Å². The molecule has 10 heavy (non-hydrogen) atoms. The smallest absolute Gasteiger partial charge is 0.239 e. The van der Waals surface area contributed by atoms with Gasteiger partial charge in [-0.3, -0.25) is 4.79 Å². The minimum atomic E-state index is -0.810. The Labute approximate surface area is 66.2 Å². The summed E-state index contributed by atoms with van der Waals surface area (Å²) in [5, 5.41) is 11.1. The monoisotopic (exact) mass is 168 g/mol. The maximum absolute atomic E-state index is 10.6. The lowest BCUT2D eigenvalue weighted by molar-refractivity contribution is -0.123. The van der Waals surface area contributed by atoms with E-state index in [1.807, 2.05) is 0 Å². The van der Waals surface area contributed by atoms with E-state index in [2.05, 4.69) is 5.32 Å². The predicted octanol–water partition coefficient (Wildman–Crippen LogP) is -1.14. The van der Waals surface area contributed by atoms with Crippen LogP contribution < -0.4 is 11.1 Å². The van der Waals surface area contributed by atoms with Gasteiger partial charge in [0.05, 0.1) is 6.10 Å². The summed E-state index contributed by atoms with van der Waals surface area (Å²) in [7, 11) is 1.48. The highest BCUT2D eigenvalue weighted by molar-refractivity contribution is 5.85. The van der Waals surface area contributed by atoms with Gasteiger partial charge in [-0.25, -0.2) is 0 Å². The zero-order valence-corrected chi connectivity index (χ0v) is 6.81. The van der Waals surface area contributed by atoms with Crippen molar-refractivity contribution in [3.8, 4) is 0 Å². The number of amides is 1. The molecule has 0 aromatic carbocycles. The number of halogens is 1. The fraction of sp³-hybridized carbons (Fsp3) is 0.800. The Bertz CT molecular complexity index is 108. The number of nitrogens with one attached hydrogen (secondary N) is 1. The molecule has 0 aliphatic heterocycles. The molecule has 62 valence electrons. The van der Waals surface area contributed by atoms with Crippen LogP contribution in [0.4, 0.5) is 0 Å². The highest BCUT2D eigenvalue weighted by Crippen LogP contribution is 1.86. The lowest BCUT2D eigenvalue weighted by Gasteiger charge is -2.11. The molecule has 4 nitrogen and oxygen atoms in total. The highest BCUT2D eigenvalue weighted by Gasteiger charge is 2.16. The van der Waals surface area contributed by atoms with E-state index < -0.39 is 12.1 Å². The lowest BCUT2D eigenvalue weighted by atomic mass is 10.2. The van der Waals surface area contributed by atoms with E-state index >= 15 is 0 Å². The fourth-order valence-corrected chi connectivity index (χ4v) is 0.386. The molecule has 0 aromatic heterocycles. The number of hydrogen-bond acceptors (Lipinski definition) is 3. The Hall–Kier alpha value is -0.320. The quantitative estimate of drug-likeness (QED) is 0.488. The molecule has 0 radical (unpaired) electrons. The molecule has 0 bridgehead atoms. The van der Waals surface area contributed by atoms with Crippen molar-refractivity contribution in [2.45, 2.75) is 19.1 Å². The molecule has 0 heterocycles. The average molecular weight is 169 g/mol. The first-order chi connectivity index (χ1) is 4.09. The van der Waals surface area contributed by atoms with Crippen LogP contribution in [0, 0.1) is 0 Å². The van der Waals surface area contributed by atoms with Crippen LogP contribution in [0.25, 0.3) is 0 Å². The summed E-state index contributed by atoms with van der Waals surface area (Å²) in [6.07, 6.45) is -0.787. The van der Waals surface area contributed by atoms with Crippen LogP contribution in [-0.4, -0.2) is 30.2 Å². The third-order valence-electron chi connectivity index (χ3n) is 1.07. The molecule has 0 aliphatic carbocycles. The molecular weight excluding hydrogens is 156 g/mol. The van der Waals surface area contributed by atoms with Crippen LogP contribution in [0.5, 0.6) is 0 Å². The molecule has 2 unspecified atom stereocenters. The zero-order chi connectivity index (χ0) is 7.44. The van der Waals surface area contributed by atoms with Gasteiger partial charge in [0.2, 0.25) is 5.91 Å². The van der Waals surface area contributed by atoms with Crippen molar-refractivity contribution in [3.63, 3.8) is 0 Å². The second kappa shape index (κ2) is 5.46. The third-order valence-corrected chi connectivity index (χ3v) is 1.07. The Kier molecular flexibility index (Phi) is 6.76. The van der Waals surface area contributed by atoms with Gasteiger partial charge in [0.15, 0.2) is 0 Å². The lowest BCUT2D eigenvalue weighted by Crippen LogP contribution is -2.45. The first-order valence-corrected chi connectivity index (χ1v) is 2.75. The molecule has 0 saturated heterocycles. The summed E-state index contributed by atoms with van der Waals surface area (Å²) in [4.78, 5) is 10.6. The van der Waals surface area contributed by atoms with E-state index in [4.69, 9.17) is 10.8 Å². The molecule has 0 rings (SSSR count). The fourth-order valence-electron chi connectivity index (χ4n) is 0.386. The summed E-state index contributed by atoms with van der Waals surface area (Å²) in [6, 6.07) is -0.810. The molecule has 0 aromatic rings. The van der Waals surface area contributed by atoms with Crippen molar-refractivity contribution in [3.05, 3.63) is 0 Å². The number of nitrogens with two attached hydrogens (primary N) is 1. The molecule has 4 N–H and O–H groups in total. The number of aliphatic hydroxyl groups is 1. The van der Waals surface area contributed by atoms with Crippen LogP contribution in [0.2, 0.25) is 0 Å². The molecule has 1 amide bonds. The number of rotatable bonds is 2. The van der Waals surface area contributed by atoms with E-state index in [9.17, 15) is 4.79 Å². The van der Waals surface area contributed by atoms with Gasteiger partial charge in [-0.2, -0.15) is 0 Å². The highest BCUT2D eigenvalue weighted by atomic mass is 35.5. The summed E-state index contributed by atoms with van der Waals surface area (Å²) >= 11 is 0. The SMILES string of the molecule is CNC(=O)C(N)C(C)O.Cl. The van der Waals surface area contributed by atoms with Crippen LogP contribution in [0.15, 0.2) is 0 Å². The van der Waals surface area contributed by atoms with Crippen LogP contribution in [0.1, 0.15) is 6.92 Å². The second-order valence-electron chi connectivity index (χ2n) is 1.88. The summed E-state index contributed by atoms with van der Waals surface area (Å²) in [5.41, 5.74) is 5.21. The Morgan fingerprint density at radius 3 is 2.20 bits per heavy atom. The molecule has 5 heteroatoms. The van der Waals surface area contributed by atoms with E-state index in [0.29, 0.717) is 0 Å². The van der Waals surface area contributed by atoms with Crippen molar-refractivity contribution in [2.24, 2.45) is 5.73 Å². The molecule has 0 saturated carbocycles. The largest absolute Gasteiger partial charge is 0.391 e. The van der Waals surface area contributed by atoms with Gasteiger partial charge in [0.25, 0.3) is 0 Å². The first kappa shape index (κ1) is 12.4. The zero-order valence-electron chi connectivity index (χ0n) is 6.00. The average Bonchev–Trinajstić information content (AvgIpc) is 1.84. The molecular formula is C5H13ClN2O2. The maximum Gasteiger partial charge on any atom is 0.239 e. The molecule has 0 fully saturated rings. The van der Waals surface area contributed by atoms with Crippen molar-refractivity contribution in [2.75, 3.05) is 7.05 Å². The van der Waals surface area contributed by atoms with Crippen molar-refractivity contribution in [1.29, 1.82) is 0 Å². The minimum Gasteiger partial charge on any atom is -0.391 e. The third kappa shape index (κ3) is 3.66. The topological polar surface area (TPSA) is 75.4 Å². The van der Waals surface area contributed by atoms with Gasteiger partial charge < -0.3 is 16.2 Å². The number of carbonyl (C=O) groups is 1. The first-order valence-electron chi connectivity index (χ1n) is 2.75. The summed E-state index contributed by atoms with van der Waals surface area (Å²) in [5.74, 6) is -0.343. The van der Waals surface area contributed by atoms with Gasteiger partial charge in [-0.1, -0.05) is 0 Å². The van der Waals surface area contributed by atoms with E-state index in [0.717, 1.165) is 0 Å². The van der Waals surface area contributed by atoms with Gasteiger partial charge in [-0.15, -0.1) is 12.4 Å². The van der Waals surface area contributed by atoms with E-state index in [-0.39, 0.29) is 18.3 Å². The van der Waals surface area contributed by atoms with Crippen molar-refractivity contribution < 1.29 is 9.90 Å². The van der Waals surface area contributed by atoms with Crippen LogP contribution in [-0.2, 0) is 4.79 Å². The Morgan fingerprint density at radius 2 is 2.10 bits per heavy atom. The van der Waals surface area contributed by atoms with Gasteiger partial charge in [0, 0.05) is 7.05 Å². The van der Waals surface area contributed by atoms with E-state index in [1.54, 1.807) is 0 Å². The number of likely N-dealkylation sites (N-methyl/N-ethyl adjacent to an activating group) is 1. The van der Waals surface area contributed by atoms with Gasteiger partial charge >= 0.3 is 0 Å². The maximum atomic E-state index is 10.6. The van der Waals surface area contributed by atoms with Gasteiger partial charge in [-0.05, 0) is 6.92 Å². The second-order valence-corrected chi connectivity index (χ2v) is 1.88. The van der Waals surface area contributed by atoms with Crippen LogP contribution in [0.3, 0.4) is 0 Å². The molecule has 0 spiro atoms. The Balaban J connectivity index is 0.